The average molecular weight is 533 g/mol. The van der Waals surface area contributed by atoms with Gasteiger partial charge in [-0.05, 0) is 25.7 Å². The van der Waals surface area contributed by atoms with Gasteiger partial charge in [-0.15, -0.1) is 0 Å². The number of hydrogen-bond acceptors (Lipinski definition) is 10. The van der Waals surface area contributed by atoms with Gasteiger partial charge in [0.2, 0.25) is 0 Å². The Labute approximate surface area is 223 Å². The third-order valence-electron chi connectivity index (χ3n) is 6.61. The molecule has 2 aliphatic rings. The summed E-state index contributed by atoms with van der Waals surface area (Å²) >= 11 is 0. The Morgan fingerprint density at radius 3 is 1.39 bits per heavy atom. The molecular weight excluding hydrogens is 492 g/mol. The van der Waals surface area contributed by atoms with Crippen LogP contribution in [0.1, 0.15) is 89.9 Å². The number of esters is 2. The van der Waals surface area contributed by atoms with Crippen LogP contribution >= 0.6 is 0 Å². The lowest BCUT2D eigenvalue weighted by Crippen LogP contribution is -2.21. The molecule has 0 saturated carbocycles. The number of unbranched alkanes of at least 4 members (excludes halogenated alkanes) is 3. The highest BCUT2D eigenvalue weighted by Crippen LogP contribution is 2.24. The third-order valence-corrected chi connectivity index (χ3v) is 6.61. The number of aliphatic imine (C=N–C) groups is 2. The number of ketones is 2. The third kappa shape index (κ3) is 9.87. The lowest BCUT2D eigenvalue weighted by molar-refractivity contribution is -0.141. The molecule has 0 unspecified atom stereocenters. The number of aliphatic hydroxyl groups excluding tert-OH is 2. The van der Waals surface area contributed by atoms with Crippen LogP contribution in [0.25, 0.3) is 0 Å². The number of ether oxygens (including phenoxy) is 2. The monoisotopic (exact) mass is 532 g/mol. The van der Waals surface area contributed by atoms with Crippen molar-refractivity contribution in [2.24, 2.45) is 9.98 Å². The molecule has 0 aliphatic heterocycles. The van der Waals surface area contributed by atoms with Gasteiger partial charge in [0.25, 0.3) is 0 Å². The highest BCUT2D eigenvalue weighted by atomic mass is 16.5. The number of hydrogen-bond donors (Lipinski definition) is 2. The number of Topliss-reactive ketones (excluding diaryl/α,β-unsaturated/α-hetero) is 2. The molecule has 10 heteroatoms. The number of methoxy groups -OCH3 is 2. The number of nitrogens with zero attached hydrogens (tertiary/aromatic N) is 2. The molecule has 210 valence electrons. The molecule has 0 fully saturated rings. The van der Waals surface area contributed by atoms with Crippen LogP contribution in [0.3, 0.4) is 0 Å². The second-order valence-corrected chi connectivity index (χ2v) is 9.42. The van der Waals surface area contributed by atoms with Crippen LogP contribution in [-0.4, -0.2) is 72.5 Å². The number of carbonyl (C=O) groups excluding carboxylic acids is 4. The van der Waals surface area contributed by atoms with E-state index in [2.05, 4.69) is 9.98 Å². The van der Waals surface area contributed by atoms with Crippen molar-refractivity contribution in [1.82, 2.24) is 0 Å². The van der Waals surface area contributed by atoms with Crippen LogP contribution in [0, 0.1) is 0 Å². The van der Waals surface area contributed by atoms with Crippen molar-refractivity contribution >= 4 is 34.9 Å². The SMILES string of the molecule is COC(=O)CCC(=NCCCCCCN=C(CCC(=O)OC)C1=C(O)CCCC1=O)C1=C(O)CCCC1=O. The van der Waals surface area contributed by atoms with E-state index in [1.165, 1.54) is 14.2 Å². The summed E-state index contributed by atoms with van der Waals surface area (Å²) in [7, 11) is 2.61. The summed E-state index contributed by atoms with van der Waals surface area (Å²) in [5.74, 6) is -0.989. The van der Waals surface area contributed by atoms with Crippen molar-refractivity contribution in [3.05, 3.63) is 22.7 Å². The standard InChI is InChI=1S/C28H40N2O8/c1-37-25(35)15-13-19(27-21(31)9-7-10-22(27)32)29-17-5-3-4-6-18-30-20(14-16-26(36)38-2)28-23(33)11-8-12-24(28)34/h31,33H,3-18H2,1-2H3. The smallest absolute Gasteiger partial charge is 0.305 e. The molecule has 0 aromatic heterocycles. The van der Waals surface area contributed by atoms with E-state index in [9.17, 15) is 29.4 Å². The van der Waals surface area contributed by atoms with E-state index in [1.54, 1.807) is 0 Å². The molecule has 0 aromatic carbocycles. The van der Waals surface area contributed by atoms with E-state index in [4.69, 9.17) is 9.47 Å². The molecule has 0 atom stereocenters. The Morgan fingerprint density at radius 1 is 0.658 bits per heavy atom. The summed E-state index contributed by atoms with van der Waals surface area (Å²) in [5, 5.41) is 20.5. The van der Waals surface area contributed by atoms with Crippen molar-refractivity contribution in [3.8, 4) is 0 Å². The summed E-state index contributed by atoms with van der Waals surface area (Å²) in [6, 6.07) is 0. The van der Waals surface area contributed by atoms with Crippen molar-refractivity contribution in [3.63, 3.8) is 0 Å². The molecule has 0 heterocycles. The Bertz CT molecular complexity index is 926. The van der Waals surface area contributed by atoms with Crippen molar-refractivity contribution in [2.75, 3.05) is 27.3 Å². The summed E-state index contributed by atoms with van der Waals surface area (Å²) in [6.45, 7) is 0.924. The van der Waals surface area contributed by atoms with Crippen LogP contribution in [0.2, 0.25) is 0 Å². The predicted molar refractivity (Wildman–Crippen MR) is 143 cm³/mol. The molecule has 0 spiro atoms. The van der Waals surface area contributed by atoms with Crippen LogP contribution in [-0.2, 0) is 28.7 Å². The van der Waals surface area contributed by atoms with E-state index >= 15 is 0 Å². The van der Waals surface area contributed by atoms with E-state index in [-0.39, 0.29) is 59.9 Å². The molecule has 2 rings (SSSR count). The quantitative estimate of drug-likeness (QED) is 0.178. The maximum absolute atomic E-state index is 12.4. The minimum atomic E-state index is -0.397. The van der Waals surface area contributed by atoms with Gasteiger partial charge in [0, 0.05) is 63.0 Å². The average Bonchev–Trinajstić information content (AvgIpc) is 2.89. The van der Waals surface area contributed by atoms with Crippen LogP contribution in [0.5, 0.6) is 0 Å². The first-order valence-electron chi connectivity index (χ1n) is 13.4. The zero-order valence-electron chi connectivity index (χ0n) is 22.6. The van der Waals surface area contributed by atoms with Gasteiger partial charge in [-0.25, -0.2) is 0 Å². The first-order valence-corrected chi connectivity index (χ1v) is 13.4. The van der Waals surface area contributed by atoms with Crippen LogP contribution in [0.15, 0.2) is 32.6 Å². The van der Waals surface area contributed by atoms with Crippen LogP contribution in [0.4, 0.5) is 0 Å². The Morgan fingerprint density at radius 2 is 1.05 bits per heavy atom. The maximum atomic E-state index is 12.4. The maximum Gasteiger partial charge on any atom is 0.305 e. The molecule has 2 N–H and O–H groups in total. The minimum Gasteiger partial charge on any atom is -0.511 e. The van der Waals surface area contributed by atoms with Crippen molar-refractivity contribution < 1.29 is 38.9 Å². The van der Waals surface area contributed by atoms with Gasteiger partial charge in [-0.3, -0.25) is 29.2 Å². The first-order chi connectivity index (χ1) is 18.3. The molecule has 2 aliphatic carbocycles. The van der Waals surface area contributed by atoms with Gasteiger partial charge in [0.1, 0.15) is 11.5 Å². The molecule has 0 bridgehead atoms. The number of rotatable bonds is 15. The number of carbonyl (C=O) groups is 4. The Kier molecular flexibility index (Phi) is 13.4. The van der Waals surface area contributed by atoms with E-state index in [0.717, 1.165) is 25.7 Å². The first kappa shape index (κ1) is 30.9. The van der Waals surface area contributed by atoms with E-state index in [0.29, 0.717) is 63.0 Å². The largest absolute Gasteiger partial charge is 0.511 e. The molecular formula is C28H40N2O8. The lowest BCUT2D eigenvalue weighted by atomic mass is 9.91. The van der Waals surface area contributed by atoms with E-state index in [1.807, 2.05) is 0 Å². The lowest BCUT2D eigenvalue weighted by Gasteiger charge is -2.17. The van der Waals surface area contributed by atoms with E-state index < -0.39 is 11.9 Å². The molecule has 0 saturated heterocycles. The van der Waals surface area contributed by atoms with Crippen molar-refractivity contribution in [1.29, 1.82) is 0 Å². The molecule has 38 heavy (non-hydrogen) atoms. The minimum absolute atomic E-state index is 0.0447. The zero-order chi connectivity index (χ0) is 27.9. The second-order valence-electron chi connectivity index (χ2n) is 9.42. The van der Waals surface area contributed by atoms with Crippen molar-refractivity contribution in [2.45, 2.75) is 89.9 Å². The zero-order valence-corrected chi connectivity index (χ0v) is 22.6. The summed E-state index contributed by atoms with van der Waals surface area (Å²) in [6.07, 6.45) is 6.67. The predicted octanol–water partition coefficient (Wildman–Crippen LogP) is 4.47. The molecule has 10 nitrogen and oxygen atoms in total. The van der Waals surface area contributed by atoms with Gasteiger partial charge < -0.3 is 19.7 Å². The van der Waals surface area contributed by atoms with Crippen LogP contribution < -0.4 is 0 Å². The molecule has 0 radical (unpaired) electrons. The van der Waals surface area contributed by atoms with Gasteiger partial charge in [0.15, 0.2) is 11.6 Å². The number of allylic oxidation sites excluding steroid dienone is 4. The normalized spacial score (nSPS) is 17.2. The number of aliphatic hydroxyl groups is 2. The van der Waals surface area contributed by atoms with Gasteiger partial charge >= 0.3 is 11.9 Å². The molecule has 0 aromatic rings. The Hall–Kier alpha value is -3.30. The van der Waals surface area contributed by atoms with Gasteiger partial charge in [-0.2, -0.15) is 0 Å². The topological polar surface area (TPSA) is 152 Å². The summed E-state index contributed by atoms with van der Waals surface area (Å²) < 4.78 is 9.39. The van der Waals surface area contributed by atoms with Gasteiger partial charge in [-0.1, -0.05) is 12.8 Å². The second kappa shape index (κ2) is 16.5. The fourth-order valence-corrected chi connectivity index (χ4v) is 4.53. The fourth-order valence-electron chi connectivity index (χ4n) is 4.53. The Balaban J connectivity index is 1.91. The summed E-state index contributed by atoms with van der Waals surface area (Å²) in [5.41, 5.74) is 1.43. The van der Waals surface area contributed by atoms with Gasteiger partial charge in [0.05, 0.1) is 38.2 Å². The highest BCUT2D eigenvalue weighted by Gasteiger charge is 2.26. The fraction of sp³-hybridized carbons (Fsp3) is 0.643. The highest BCUT2D eigenvalue weighted by molar-refractivity contribution is 6.24. The molecule has 0 amide bonds. The summed E-state index contributed by atoms with van der Waals surface area (Å²) in [4.78, 5) is 57.1.